The number of thioether (sulfide) groups is 1. The molecule has 8 heteroatoms. The van der Waals surface area contributed by atoms with E-state index in [4.69, 9.17) is 26.4 Å². The Labute approximate surface area is 175 Å². The molecule has 0 atom stereocenters. The normalized spacial score (nSPS) is 15.0. The van der Waals surface area contributed by atoms with Gasteiger partial charge in [0.25, 0.3) is 5.91 Å². The summed E-state index contributed by atoms with van der Waals surface area (Å²) in [6.45, 7) is 0.782. The summed E-state index contributed by atoms with van der Waals surface area (Å²) in [4.78, 5) is 12.3. The van der Waals surface area contributed by atoms with Crippen LogP contribution in [0.5, 0.6) is 17.2 Å². The molecule has 1 fully saturated rings. The molecule has 1 heterocycles. The summed E-state index contributed by atoms with van der Waals surface area (Å²) in [5.74, 6) is 1.78. The molecule has 1 amide bonds. The lowest BCUT2D eigenvalue weighted by molar-refractivity contribution is -0.115. The van der Waals surface area contributed by atoms with Gasteiger partial charge in [-0.05, 0) is 48.0 Å². The molecule has 2 aromatic rings. The minimum atomic E-state index is -0.186. The Morgan fingerprint density at radius 1 is 1.11 bits per heavy atom. The van der Waals surface area contributed by atoms with Gasteiger partial charge in [0, 0.05) is 4.47 Å². The molecule has 0 spiro atoms. The zero-order valence-corrected chi connectivity index (χ0v) is 17.6. The monoisotopic (exact) mass is 465 g/mol. The average Bonchev–Trinajstić information content (AvgIpc) is 2.98. The Bertz CT molecular complexity index is 884. The van der Waals surface area contributed by atoms with Crippen molar-refractivity contribution in [2.75, 3.05) is 20.3 Å². The third-order valence-corrected chi connectivity index (χ3v) is 5.24. The smallest absolute Gasteiger partial charge is 0.263 e. The van der Waals surface area contributed by atoms with Crippen LogP contribution in [0, 0.1) is 0 Å². The lowest BCUT2D eigenvalue weighted by Gasteiger charge is -2.12. The molecule has 2 aromatic carbocycles. The van der Waals surface area contributed by atoms with Crippen LogP contribution in [-0.2, 0) is 4.79 Å². The number of methoxy groups -OCH3 is 1. The van der Waals surface area contributed by atoms with Crippen LogP contribution in [0.15, 0.2) is 51.8 Å². The molecule has 5 nitrogen and oxygen atoms in total. The van der Waals surface area contributed by atoms with Gasteiger partial charge in [-0.1, -0.05) is 46.0 Å². The number of hydrogen-bond donors (Lipinski definition) is 1. The highest BCUT2D eigenvalue weighted by atomic mass is 79.9. The Hall–Kier alpha value is -2.03. The van der Waals surface area contributed by atoms with Crippen LogP contribution in [-0.4, -0.2) is 30.6 Å². The Morgan fingerprint density at radius 2 is 1.85 bits per heavy atom. The predicted molar refractivity (Wildman–Crippen MR) is 114 cm³/mol. The van der Waals surface area contributed by atoms with E-state index < -0.39 is 0 Å². The number of ether oxygens (including phenoxy) is 3. The first-order chi connectivity index (χ1) is 13.0. The molecule has 140 valence electrons. The molecular formula is C19H16BrNO4S2. The molecule has 1 aliphatic rings. The van der Waals surface area contributed by atoms with E-state index in [1.807, 2.05) is 36.4 Å². The minimum absolute atomic E-state index is 0.186. The van der Waals surface area contributed by atoms with Crippen LogP contribution in [0.3, 0.4) is 0 Å². The van der Waals surface area contributed by atoms with Gasteiger partial charge in [0.2, 0.25) is 0 Å². The Morgan fingerprint density at radius 3 is 2.52 bits per heavy atom. The van der Waals surface area contributed by atoms with Gasteiger partial charge in [-0.25, -0.2) is 0 Å². The van der Waals surface area contributed by atoms with E-state index in [0.717, 1.165) is 15.8 Å². The zero-order valence-electron chi connectivity index (χ0n) is 14.4. The number of thiocarbonyl (C=S) groups is 1. The van der Waals surface area contributed by atoms with Crippen LogP contribution >= 0.6 is 39.9 Å². The SMILES string of the molecule is COc1cc(/C=C2\SC(=S)NC2=O)ccc1OCCOc1ccc(Br)cc1. The van der Waals surface area contributed by atoms with Crippen molar-refractivity contribution in [1.82, 2.24) is 5.32 Å². The second-order valence-electron chi connectivity index (χ2n) is 5.41. The Balaban J connectivity index is 1.59. The molecule has 1 saturated heterocycles. The zero-order chi connectivity index (χ0) is 19.2. The van der Waals surface area contributed by atoms with Gasteiger partial charge in [-0.2, -0.15) is 0 Å². The van der Waals surface area contributed by atoms with Crippen LogP contribution in [0.1, 0.15) is 5.56 Å². The quantitative estimate of drug-likeness (QED) is 0.371. The molecule has 0 aromatic heterocycles. The van der Waals surface area contributed by atoms with Crippen molar-refractivity contribution in [2.45, 2.75) is 0 Å². The molecule has 0 unspecified atom stereocenters. The van der Waals surface area contributed by atoms with Gasteiger partial charge in [0.05, 0.1) is 12.0 Å². The van der Waals surface area contributed by atoms with Crippen molar-refractivity contribution in [3.8, 4) is 17.2 Å². The molecule has 3 rings (SSSR count). The van der Waals surface area contributed by atoms with E-state index in [-0.39, 0.29) is 5.91 Å². The van der Waals surface area contributed by atoms with Crippen LogP contribution in [0.25, 0.3) is 6.08 Å². The first kappa shape index (κ1) is 19.7. The lowest BCUT2D eigenvalue weighted by atomic mass is 10.2. The van der Waals surface area contributed by atoms with Crippen molar-refractivity contribution in [3.63, 3.8) is 0 Å². The van der Waals surface area contributed by atoms with Crippen LogP contribution < -0.4 is 19.5 Å². The van der Waals surface area contributed by atoms with E-state index in [2.05, 4.69) is 21.2 Å². The lowest BCUT2D eigenvalue weighted by Crippen LogP contribution is -2.17. The van der Waals surface area contributed by atoms with Gasteiger partial charge >= 0.3 is 0 Å². The summed E-state index contributed by atoms with van der Waals surface area (Å²) in [6.07, 6.45) is 1.77. The van der Waals surface area contributed by atoms with Crippen molar-refractivity contribution in [3.05, 3.63) is 57.4 Å². The van der Waals surface area contributed by atoms with Gasteiger partial charge in [-0.15, -0.1) is 0 Å². The van der Waals surface area contributed by atoms with E-state index in [1.165, 1.54) is 11.8 Å². The Kier molecular flexibility index (Phi) is 6.76. The van der Waals surface area contributed by atoms with Crippen LogP contribution in [0.4, 0.5) is 0 Å². The molecule has 27 heavy (non-hydrogen) atoms. The fraction of sp³-hybridized carbons (Fsp3) is 0.158. The standard InChI is InChI=1S/C19H16BrNO4S2/c1-23-16-10-12(11-17-18(22)21-19(26)27-17)2-7-15(16)25-9-8-24-14-5-3-13(20)4-6-14/h2-7,10-11H,8-9H2,1H3,(H,21,22,26)/b17-11-. The molecule has 0 aliphatic carbocycles. The van der Waals surface area contributed by atoms with Gasteiger partial charge in [0.15, 0.2) is 11.5 Å². The van der Waals surface area contributed by atoms with Crippen molar-refractivity contribution in [2.24, 2.45) is 0 Å². The molecule has 0 radical (unpaired) electrons. The topological polar surface area (TPSA) is 56.8 Å². The average molecular weight is 466 g/mol. The summed E-state index contributed by atoms with van der Waals surface area (Å²) in [5, 5.41) is 2.59. The predicted octanol–water partition coefficient (Wildman–Crippen LogP) is 4.40. The minimum Gasteiger partial charge on any atom is -0.493 e. The highest BCUT2D eigenvalue weighted by molar-refractivity contribution is 9.10. The number of carbonyl (C=O) groups is 1. The number of carbonyl (C=O) groups excluding carboxylic acids is 1. The number of benzene rings is 2. The highest BCUT2D eigenvalue weighted by Crippen LogP contribution is 2.31. The number of nitrogens with one attached hydrogen (secondary N) is 1. The first-order valence-corrected chi connectivity index (χ1v) is 10.0. The molecule has 1 N–H and O–H groups in total. The van der Waals surface area contributed by atoms with Crippen molar-refractivity contribution < 1.29 is 19.0 Å². The number of amides is 1. The third-order valence-electron chi connectivity index (χ3n) is 3.55. The maximum atomic E-state index is 11.8. The van der Waals surface area contributed by atoms with E-state index in [9.17, 15) is 4.79 Å². The summed E-state index contributed by atoms with van der Waals surface area (Å²) in [7, 11) is 1.57. The van der Waals surface area contributed by atoms with Crippen molar-refractivity contribution in [1.29, 1.82) is 0 Å². The highest BCUT2D eigenvalue weighted by Gasteiger charge is 2.22. The van der Waals surface area contributed by atoms with Crippen LogP contribution in [0.2, 0.25) is 0 Å². The summed E-state index contributed by atoms with van der Waals surface area (Å²) in [5.41, 5.74) is 0.827. The van der Waals surface area contributed by atoms with Crippen molar-refractivity contribution >= 4 is 56.2 Å². The third kappa shape index (κ3) is 5.47. The van der Waals surface area contributed by atoms with E-state index in [0.29, 0.717) is 33.9 Å². The fourth-order valence-corrected chi connectivity index (χ4v) is 3.62. The van der Waals surface area contributed by atoms with Gasteiger partial charge < -0.3 is 19.5 Å². The summed E-state index contributed by atoms with van der Waals surface area (Å²) in [6, 6.07) is 13.1. The van der Waals surface area contributed by atoms with E-state index in [1.54, 1.807) is 19.3 Å². The summed E-state index contributed by atoms with van der Waals surface area (Å²) >= 11 is 9.62. The first-order valence-electron chi connectivity index (χ1n) is 7.99. The van der Waals surface area contributed by atoms with E-state index >= 15 is 0 Å². The van der Waals surface area contributed by atoms with Gasteiger partial charge in [0.1, 0.15) is 23.3 Å². The number of rotatable bonds is 7. The maximum Gasteiger partial charge on any atom is 0.263 e. The second kappa shape index (κ2) is 9.25. The molecule has 0 bridgehead atoms. The van der Waals surface area contributed by atoms with Gasteiger partial charge in [-0.3, -0.25) is 4.79 Å². The largest absolute Gasteiger partial charge is 0.493 e. The molecule has 1 aliphatic heterocycles. The summed E-state index contributed by atoms with van der Waals surface area (Å²) < 4.78 is 18.2. The second-order valence-corrected chi connectivity index (χ2v) is 8.05. The maximum absolute atomic E-state index is 11.8. The fourth-order valence-electron chi connectivity index (χ4n) is 2.31. The molecule has 0 saturated carbocycles. The number of hydrogen-bond acceptors (Lipinski definition) is 6. The molecular weight excluding hydrogens is 450 g/mol. The number of halogens is 1.